The summed E-state index contributed by atoms with van der Waals surface area (Å²) in [6.07, 6.45) is 0. The van der Waals surface area contributed by atoms with Crippen LogP contribution in [-0.2, 0) is 26.6 Å². The molecule has 0 unspecified atom stereocenters. The van der Waals surface area contributed by atoms with Crippen molar-refractivity contribution in [3.63, 3.8) is 0 Å². The molecule has 9 heteroatoms. The summed E-state index contributed by atoms with van der Waals surface area (Å²) in [7, 11) is 0.628. The van der Waals surface area contributed by atoms with Gasteiger partial charge in [0.25, 0.3) is 0 Å². The van der Waals surface area contributed by atoms with Gasteiger partial charge in [0.05, 0.1) is 0 Å². The minimum absolute atomic E-state index is 0.548. The van der Waals surface area contributed by atoms with E-state index in [1.807, 2.05) is 20.8 Å². The Labute approximate surface area is 126 Å². The Morgan fingerprint density at radius 3 is 1.30 bits per heavy atom. The van der Waals surface area contributed by atoms with Gasteiger partial charge in [-0.1, -0.05) is 0 Å². The minimum Gasteiger partial charge on any atom is -0.379 e. The maximum Gasteiger partial charge on any atom is 0.502 e. The molecule has 0 amide bonds. The highest BCUT2D eigenvalue weighted by atomic mass is 28.4. The summed E-state index contributed by atoms with van der Waals surface area (Å²) >= 11 is 0. The van der Waals surface area contributed by atoms with Crippen LogP contribution < -0.4 is 5.73 Å². The van der Waals surface area contributed by atoms with Crippen molar-refractivity contribution >= 4 is 18.3 Å². The SMILES string of the molecule is CCO[Si](CCN)(OCC)OCC.CO[SiH](OC)OC. The largest absolute Gasteiger partial charge is 0.502 e. The molecule has 7 nitrogen and oxygen atoms in total. The van der Waals surface area contributed by atoms with Crippen molar-refractivity contribution in [2.45, 2.75) is 26.8 Å². The Morgan fingerprint density at radius 2 is 1.15 bits per heavy atom. The monoisotopic (exact) mass is 329 g/mol. The molecule has 0 aliphatic heterocycles. The molecule has 0 fully saturated rings. The highest BCUT2D eigenvalue weighted by molar-refractivity contribution is 6.60. The van der Waals surface area contributed by atoms with Gasteiger partial charge in [0.15, 0.2) is 0 Å². The van der Waals surface area contributed by atoms with E-state index in [9.17, 15) is 0 Å². The summed E-state index contributed by atoms with van der Waals surface area (Å²) in [4.78, 5) is 0. The summed E-state index contributed by atoms with van der Waals surface area (Å²) in [5.41, 5.74) is 5.50. The Hall–Kier alpha value is 0.154. The molecule has 2 N–H and O–H groups in total. The van der Waals surface area contributed by atoms with E-state index in [2.05, 4.69) is 0 Å². The lowest BCUT2D eigenvalue weighted by Crippen LogP contribution is -2.47. The second-order valence-corrected chi connectivity index (χ2v) is 8.24. The van der Waals surface area contributed by atoms with Crippen molar-refractivity contribution in [2.75, 3.05) is 47.7 Å². The summed E-state index contributed by atoms with van der Waals surface area (Å²) in [6, 6.07) is 0.697. The van der Waals surface area contributed by atoms with Crippen LogP contribution in [0.1, 0.15) is 20.8 Å². The zero-order valence-electron chi connectivity index (χ0n) is 13.6. The van der Waals surface area contributed by atoms with Crippen LogP contribution in [0.4, 0.5) is 0 Å². The third-order valence-corrected chi connectivity index (χ3v) is 6.36. The third-order valence-electron chi connectivity index (χ3n) is 2.12. The quantitative estimate of drug-likeness (QED) is 0.557. The summed E-state index contributed by atoms with van der Waals surface area (Å²) < 4.78 is 30.9. The van der Waals surface area contributed by atoms with Crippen molar-refractivity contribution in [2.24, 2.45) is 5.73 Å². The smallest absolute Gasteiger partial charge is 0.379 e. The van der Waals surface area contributed by atoms with Gasteiger partial charge >= 0.3 is 18.3 Å². The van der Waals surface area contributed by atoms with E-state index in [4.69, 9.17) is 32.3 Å². The molecule has 0 aromatic carbocycles. The van der Waals surface area contributed by atoms with E-state index in [0.29, 0.717) is 32.4 Å². The number of hydrogen-bond acceptors (Lipinski definition) is 7. The first-order valence-corrected chi connectivity index (χ1v) is 10.1. The van der Waals surface area contributed by atoms with E-state index in [0.717, 1.165) is 0 Å². The van der Waals surface area contributed by atoms with Crippen LogP contribution in [0.2, 0.25) is 6.04 Å². The molecular formula is C11H31NO6Si2. The fourth-order valence-electron chi connectivity index (χ4n) is 1.47. The molecule has 0 rings (SSSR count). The predicted octanol–water partition coefficient (Wildman–Crippen LogP) is 0.636. The number of rotatable bonds is 11. The Balaban J connectivity index is 0. The van der Waals surface area contributed by atoms with Crippen LogP contribution in [0.25, 0.3) is 0 Å². The average molecular weight is 330 g/mol. The highest BCUT2D eigenvalue weighted by Gasteiger charge is 2.39. The Morgan fingerprint density at radius 1 is 0.800 bits per heavy atom. The van der Waals surface area contributed by atoms with Crippen molar-refractivity contribution in [3.8, 4) is 0 Å². The molecule has 20 heavy (non-hydrogen) atoms. The first-order valence-electron chi connectivity index (χ1n) is 6.79. The molecule has 0 radical (unpaired) electrons. The van der Waals surface area contributed by atoms with Gasteiger partial charge in [-0.05, 0) is 27.3 Å². The lowest BCUT2D eigenvalue weighted by atomic mass is 10.8. The topological polar surface area (TPSA) is 81.4 Å². The van der Waals surface area contributed by atoms with Crippen LogP contribution >= 0.6 is 0 Å². The molecule has 0 saturated heterocycles. The van der Waals surface area contributed by atoms with Gasteiger partial charge in [-0.2, -0.15) is 0 Å². The van der Waals surface area contributed by atoms with Gasteiger partial charge in [0, 0.05) is 47.2 Å². The molecule has 0 heterocycles. The number of hydrogen-bond donors (Lipinski definition) is 1. The van der Waals surface area contributed by atoms with Crippen molar-refractivity contribution in [1.82, 2.24) is 0 Å². The first kappa shape index (κ1) is 22.4. The zero-order valence-corrected chi connectivity index (χ0v) is 15.8. The summed E-state index contributed by atoms with van der Waals surface area (Å²) in [5.74, 6) is 0. The standard InChI is InChI=1S/C8H21NO3Si.C3H10O3Si/c1-4-10-13(8-7-9,11-5-2)12-6-3;1-4-7(5-2)6-3/h4-9H2,1-3H3;7H,1-3H3. The average Bonchev–Trinajstić information content (AvgIpc) is 2.43. The molecule has 0 bridgehead atoms. The molecule has 0 saturated carbocycles. The molecule has 0 aliphatic carbocycles. The normalized spacial score (nSPS) is 11.4. The van der Waals surface area contributed by atoms with Crippen LogP contribution in [0.15, 0.2) is 0 Å². The van der Waals surface area contributed by atoms with Gasteiger partial charge in [-0.15, -0.1) is 0 Å². The van der Waals surface area contributed by atoms with Crippen LogP contribution in [0.5, 0.6) is 0 Å². The van der Waals surface area contributed by atoms with Gasteiger partial charge < -0.3 is 32.3 Å². The fraction of sp³-hybridized carbons (Fsp3) is 1.00. The maximum absolute atomic E-state index is 5.57. The van der Waals surface area contributed by atoms with E-state index in [-0.39, 0.29) is 0 Å². The van der Waals surface area contributed by atoms with Crippen molar-refractivity contribution in [1.29, 1.82) is 0 Å². The van der Waals surface area contributed by atoms with Gasteiger partial charge in [0.2, 0.25) is 0 Å². The maximum atomic E-state index is 5.57. The molecule has 0 aromatic heterocycles. The molecule has 0 aliphatic rings. The first-order chi connectivity index (χ1) is 9.59. The lowest BCUT2D eigenvalue weighted by molar-refractivity contribution is 0.0719. The van der Waals surface area contributed by atoms with Gasteiger partial charge in [0.1, 0.15) is 0 Å². The third kappa shape index (κ3) is 10.9. The second kappa shape index (κ2) is 15.5. The second-order valence-electron chi connectivity index (χ2n) is 3.52. The predicted molar refractivity (Wildman–Crippen MR) is 82.7 cm³/mol. The lowest BCUT2D eigenvalue weighted by Gasteiger charge is -2.27. The van der Waals surface area contributed by atoms with E-state index in [1.54, 1.807) is 21.3 Å². The molecule has 0 spiro atoms. The Bertz CT molecular complexity index is 163. The molecule has 0 atom stereocenters. The van der Waals surface area contributed by atoms with Crippen molar-refractivity contribution < 1.29 is 26.6 Å². The van der Waals surface area contributed by atoms with Gasteiger partial charge in [-0.3, -0.25) is 0 Å². The summed E-state index contributed by atoms with van der Waals surface area (Å²) in [5, 5.41) is 0. The molecular weight excluding hydrogens is 298 g/mol. The minimum atomic E-state index is -2.42. The van der Waals surface area contributed by atoms with E-state index in [1.165, 1.54) is 0 Å². The molecule has 124 valence electrons. The van der Waals surface area contributed by atoms with Gasteiger partial charge in [-0.25, -0.2) is 0 Å². The van der Waals surface area contributed by atoms with Crippen molar-refractivity contribution in [3.05, 3.63) is 0 Å². The highest BCUT2D eigenvalue weighted by Crippen LogP contribution is 2.14. The van der Waals surface area contributed by atoms with E-state index < -0.39 is 18.3 Å². The van der Waals surface area contributed by atoms with Crippen LogP contribution in [0.3, 0.4) is 0 Å². The number of nitrogens with two attached hydrogens (primary N) is 1. The Kier molecular flexibility index (Phi) is 17.4. The zero-order chi connectivity index (χ0) is 15.9. The van der Waals surface area contributed by atoms with Crippen LogP contribution in [-0.4, -0.2) is 66.0 Å². The molecule has 0 aromatic rings. The van der Waals surface area contributed by atoms with Crippen LogP contribution in [0, 0.1) is 0 Å². The van der Waals surface area contributed by atoms with E-state index >= 15 is 0 Å². The summed E-state index contributed by atoms with van der Waals surface area (Å²) in [6.45, 7) is 8.22. The fourth-order valence-corrected chi connectivity index (χ4v) is 4.40.